The van der Waals surface area contributed by atoms with Crippen molar-refractivity contribution in [3.05, 3.63) is 77.0 Å². The Labute approximate surface area is 180 Å². The quantitative estimate of drug-likeness (QED) is 0.578. The van der Waals surface area contributed by atoms with E-state index in [0.29, 0.717) is 45.9 Å². The van der Waals surface area contributed by atoms with Gasteiger partial charge in [0, 0.05) is 36.3 Å². The molecule has 2 heterocycles. The lowest BCUT2D eigenvalue weighted by atomic mass is 10.0. The number of ether oxygens (including phenoxy) is 1. The van der Waals surface area contributed by atoms with E-state index in [-0.39, 0.29) is 30.8 Å². The van der Waals surface area contributed by atoms with Crippen molar-refractivity contribution in [1.82, 2.24) is 15.3 Å². The Morgan fingerprint density at radius 3 is 2.84 bits per heavy atom. The first-order valence-electron chi connectivity index (χ1n) is 10.3. The summed E-state index contributed by atoms with van der Waals surface area (Å²) in [6, 6.07) is 8.29. The van der Waals surface area contributed by atoms with Crippen molar-refractivity contribution >= 4 is 5.91 Å². The van der Waals surface area contributed by atoms with Crippen LogP contribution in [0.5, 0.6) is 5.88 Å². The van der Waals surface area contributed by atoms with Crippen LogP contribution in [-0.4, -0.2) is 27.6 Å². The first-order chi connectivity index (χ1) is 15.0. The van der Waals surface area contributed by atoms with E-state index in [1.165, 1.54) is 6.07 Å². The van der Waals surface area contributed by atoms with Gasteiger partial charge in [-0.2, -0.15) is 0 Å². The Kier molecular flexibility index (Phi) is 6.23. The van der Waals surface area contributed by atoms with Crippen molar-refractivity contribution in [1.29, 1.82) is 0 Å². The monoisotopic (exact) mass is 421 g/mol. The number of carbonyl (C=O) groups is 1. The number of benzene rings is 1. The topological polar surface area (TPSA) is 84.3 Å². The second-order valence-electron chi connectivity index (χ2n) is 7.79. The van der Waals surface area contributed by atoms with Crippen molar-refractivity contribution in [2.45, 2.75) is 32.9 Å². The summed E-state index contributed by atoms with van der Waals surface area (Å²) in [5, 5.41) is 12.5. The summed E-state index contributed by atoms with van der Waals surface area (Å²) < 4.78 is 19.6. The van der Waals surface area contributed by atoms with Gasteiger partial charge in [-0.3, -0.25) is 9.78 Å². The molecule has 1 saturated carbocycles. The molecule has 1 aliphatic rings. The minimum absolute atomic E-state index is 0.154. The van der Waals surface area contributed by atoms with Crippen LogP contribution in [-0.2, 0) is 13.2 Å². The van der Waals surface area contributed by atoms with E-state index in [4.69, 9.17) is 4.74 Å². The van der Waals surface area contributed by atoms with Gasteiger partial charge in [0.15, 0.2) is 0 Å². The fraction of sp³-hybridized carbons (Fsp3) is 0.292. The Morgan fingerprint density at radius 1 is 1.26 bits per heavy atom. The zero-order chi connectivity index (χ0) is 21.8. The first-order valence-corrected chi connectivity index (χ1v) is 10.3. The van der Waals surface area contributed by atoms with E-state index in [0.717, 1.165) is 12.8 Å². The lowest BCUT2D eigenvalue weighted by Crippen LogP contribution is -2.24. The number of aliphatic hydroxyl groups excluding tert-OH is 1. The average molecular weight is 421 g/mol. The van der Waals surface area contributed by atoms with E-state index < -0.39 is 0 Å². The molecule has 2 aromatic heterocycles. The molecule has 31 heavy (non-hydrogen) atoms. The lowest BCUT2D eigenvalue weighted by Gasteiger charge is -2.14. The van der Waals surface area contributed by atoms with Gasteiger partial charge >= 0.3 is 0 Å². The zero-order valence-corrected chi connectivity index (χ0v) is 17.3. The summed E-state index contributed by atoms with van der Waals surface area (Å²) in [5.41, 5.74) is 3.54. The number of hydrogen-bond acceptors (Lipinski definition) is 5. The Bertz CT molecular complexity index is 1100. The molecular weight excluding hydrogens is 397 g/mol. The highest BCUT2D eigenvalue weighted by Crippen LogP contribution is 2.31. The summed E-state index contributed by atoms with van der Waals surface area (Å²) in [4.78, 5) is 21.5. The number of rotatable bonds is 8. The van der Waals surface area contributed by atoms with Crippen molar-refractivity contribution in [3.63, 3.8) is 0 Å². The van der Waals surface area contributed by atoms with Crippen LogP contribution in [0.25, 0.3) is 11.1 Å². The maximum atomic E-state index is 13.8. The van der Waals surface area contributed by atoms with E-state index in [1.807, 2.05) is 0 Å². The number of nitrogens with one attached hydrogen (secondary N) is 1. The molecule has 0 spiro atoms. The third-order valence-corrected chi connectivity index (χ3v) is 5.33. The van der Waals surface area contributed by atoms with Crippen molar-refractivity contribution in [2.24, 2.45) is 5.92 Å². The molecule has 4 rings (SSSR count). The molecule has 0 saturated heterocycles. The SMILES string of the molecule is Cc1ccc(CNC(=O)c2cc(-c3cnccc3CO)cnc2OCC2CC2)cc1F. The minimum atomic E-state index is -0.365. The third-order valence-electron chi connectivity index (χ3n) is 5.33. The zero-order valence-electron chi connectivity index (χ0n) is 17.3. The van der Waals surface area contributed by atoms with Crippen LogP contribution in [0.1, 0.15) is 39.9 Å². The maximum absolute atomic E-state index is 13.8. The van der Waals surface area contributed by atoms with Gasteiger partial charge in [-0.25, -0.2) is 9.37 Å². The van der Waals surface area contributed by atoms with Gasteiger partial charge in [0.2, 0.25) is 5.88 Å². The van der Waals surface area contributed by atoms with Crippen molar-refractivity contribution < 1.29 is 19.0 Å². The predicted molar refractivity (Wildman–Crippen MR) is 114 cm³/mol. The fourth-order valence-electron chi connectivity index (χ4n) is 3.20. The second kappa shape index (κ2) is 9.22. The number of aryl methyl sites for hydroxylation is 1. The minimum Gasteiger partial charge on any atom is -0.477 e. The Balaban J connectivity index is 1.60. The van der Waals surface area contributed by atoms with Gasteiger partial charge in [0.05, 0.1) is 13.2 Å². The van der Waals surface area contributed by atoms with Crippen LogP contribution in [0.3, 0.4) is 0 Å². The van der Waals surface area contributed by atoms with E-state index in [2.05, 4.69) is 15.3 Å². The molecule has 3 aromatic rings. The molecule has 0 unspecified atom stereocenters. The predicted octanol–water partition coefficient (Wildman–Crippen LogP) is 3.80. The van der Waals surface area contributed by atoms with Gasteiger partial charge in [0.1, 0.15) is 11.4 Å². The Hall–Kier alpha value is -3.32. The molecule has 1 amide bonds. The van der Waals surface area contributed by atoms with Gasteiger partial charge in [-0.05, 0) is 60.6 Å². The largest absolute Gasteiger partial charge is 0.477 e. The van der Waals surface area contributed by atoms with Crippen LogP contribution in [0.2, 0.25) is 0 Å². The number of aliphatic hydroxyl groups is 1. The highest BCUT2D eigenvalue weighted by atomic mass is 19.1. The van der Waals surface area contributed by atoms with E-state index in [9.17, 15) is 14.3 Å². The summed E-state index contributed by atoms with van der Waals surface area (Å²) >= 11 is 0. The molecule has 7 heteroatoms. The van der Waals surface area contributed by atoms with Gasteiger partial charge in [0.25, 0.3) is 5.91 Å². The van der Waals surface area contributed by atoms with Gasteiger partial charge in [-0.15, -0.1) is 0 Å². The summed E-state index contributed by atoms with van der Waals surface area (Å²) in [5.74, 6) is 0.0949. The van der Waals surface area contributed by atoms with Crippen LogP contribution in [0.15, 0.2) is 48.9 Å². The number of hydrogen-bond donors (Lipinski definition) is 2. The second-order valence-corrected chi connectivity index (χ2v) is 7.79. The molecular formula is C24H24FN3O3. The molecule has 6 nitrogen and oxygen atoms in total. The number of carbonyl (C=O) groups excluding carboxylic acids is 1. The van der Waals surface area contributed by atoms with Crippen LogP contribution in [0.4, 0.5) is 4.39 Å². The molecule has 1 aliphatic carbocycles. The highest BCUT2D eigenvalue weighted by Gasteiger charge is 2.24. The highest BCUT2D eigenvalue weighted by molar-refractivity contribution is 5.97. The number of nitrogens with zero attached hydrogens (tertiary/aromatic N) is 2. The number of amides is 1. The normalized spacial score (nSPS) is 13.1. The summed E-state index contributed by atoms with van der Waals surface area (Å²) in [6.07, 6.45) is 7.08. The number of pyridine rings is 2. The van der Waals surface area contributed by atoms with Crippen molar-refractivity contribution in [3.8, 4) is 17.0 Å². The number of halogens is 1. The van der Waals surface area contributed by atoms with Gasteiger partial charge in [-0.1, -0.05) is 12.1 Å². The Morgan fingerprint density at radius 2 is 2.10 bits per heavy atom. The maximum Gasteiger partial charge on any atom is 0.257 e. The molecule has 1 aromatic carbocycles. The molecule has 1 fully saturated rings. The summed E-state index contributed by atoms with van der Waals surface area (Å²) in [7, 11) is 0. The van der Waals surface area contributed by atoms with Crippen LogP contribution in [0, 0.1) is 18.7 Å². The smallest absolute Gasteiger partial charge is 0.257 e. The van der Waals surface area contributed by atoms with Gasteiger partial charge < -0.3 is 15.2 Å². The van der Waals surface area contributed by atoms with Crippen LogP contribution < -0.4 is 10.1 Å². The summed E-state index contributed by atoms with van der Waals surface area (Å²) in [6.45, 7) is 2.23. The van der Waals surface area contributed by atoms with E-state index in [1.54, 1.807) is 49.8 Å². The standard InChI is InChI=1S/C24H24FN3O3/c1-15-2-3-17(8-22(15)25)10-27-23(30)20-9-19(21-12-26-7-6-18(21)13-29)11-28-24(20)31-14-16-4-5-16/h2-3,6-9,11-12,16,29H,4-5,10,13-14H2,1H3,(H,27,30). The van der Waals surface area contributed by atoms with E-state index >= 15 is 0 Å². The first kappa shape index (κ1) is 20.9. The average Bonchev–Trinajstić information content (AvgIpc) is 3.62. The molecule has 0 atom stereocenters. The fourth-order valence-corrected chi connectivity index (χ4v) is 3.20. The van der Waals surface area contributed by atoms with Crippen LogP contribution >= 0.6 is 0 Å². The molecule has 0 bridgehead atoms. The molecule has 0 radical (unpaired) electrons. The molecule has 160 valence electrons. The van der Waals surface area contributed by atoms with Crippen molar-refractivity contribution in [2.75, 3.05) is 6.61 Å². The lowest BCUT2D eigenvalue weighted by molar-refractivity contribution is 0.0945. The molecule has 0 aliphatic heterocycles. The number of aromatic nitrogens is 2. The molecule has 2 N–H and O–H groups in total. The third kappa shape index (κ3) is 5.06.